The SMILES string of the molecule is O=S(=O)(c1ccccc1OC(F)(F)F)N1CCSC(c2cc(F)ccc2F)CC1. The summed E-state index contributed by atoms with van der Waals surface area (Å²) >= 11 is 1.27. The predicted octanol–water partition coefficient (Wildman–Crippen LogP) is 4.73. The van der Waals surface area contributed by atoms with Gasteiger partial charge in [-0.2, -0.15) is 16.1 Å². The average Bonchev–Trinajstić information content (AvgIpc) is 2.89. The van der Waals surface area contributed by atoms with Gasteiger partial charge in [0.1, 0.15) is 22.3 Å². The van der Waals surface area contributed by atoms with Crippen molar-refractivity contribution in [2.24, 2.45) is 0 Å². The molecule has 1 saturated heterocycles. The Morgan fingerprint density at radius 3 is 2.52 bits per heavy atom. The third-order valence-electron chi connectivity index (χ3n) is 4.30. The number of sulfonamides is 1. The Balaban J connectivity index is 1.84. The molecule has 1 atom stereocenters. The van der Waals surface area contributed by atoms with Crippen molar-refractivity contribution in [1.29, 1.82) is 0 Å². The van der Waals surface area contributed by atoms with Crippen LogP contribution < -0.4 is 4.74 Å². The van der Waals surface area contributed by atoms with Gasteiger partial charge in [0, 0.05) is 29.7 Å². The molecule has 1 fully saturated rings. The maximum atomic E-state index is 14.1. The van der Waals surface area contributed by atoms with Crippen molar-refractivity contribution < 1.29 is 35.1 Å². The van der Waals surface area contributed by atoms with Crippen molar-refractivity contribution in [3.05, 3.63) is 59.7 Å². The van der Waals surface area contributed by atoms with E-state index in [1.165, 1.54) is 23.9 Å². The zero-order valence-electron chi connectivity index (χ0n) is 14.8. The zero-order chi connectivity index (χ0) is 21.2. The number of alkyl halides is 3. The highest BCUT2D eigenvalue weighted by atomic mass is 32.2. The normalized spacial score (nSPS) is 19.0. The van der Waals surface area contributed by atoms with Crippen molar-refractivity contribution in [3.63, 3.8) is 0 Å². The van der Waals surface area contributed by atoms with E-state index in [0.717, 1.165) is 34.6 Å². The van der Waals surface area contributed by atoms with Crippen LogP contribution in [-0.4, -0.2) is 37.9 Å². The smallest absolute Gasteiger partial charge is 0.404 e. The monoisotopic (exact) mass is 453 g/mol. The van der Waals surface area contributed by atoms with Gasteiger partial charge in [-0.3, -0.25) is 0 Å². The second-order valence-electron chi connectivity index (χ2n) is 6.21. The second-order valence-corrected chi connectivity index (χ2v) is 9.43. The fourth-order valence-electron chi connectivity index (χ4n) is 3.01. The van der Waals surface area contributed by atoms with Gasteiger partial charge in [-0.05, 0) is 36.8 Å². The third kappa shape index (κ3) is 5.20. The summed E-state index contributed by atoms with van der Waals surface area (Å²) in [6, 6.07) is 7.58. The lowest BCUT2D eigenvalue weighted by atomic mass is 10.1. The number of thioether (sulfide) groups is 1. The molecule has 1 unspecified atom stereocenters. The van der Waals surface area contributed by atoms with Crippen LogP contribution in [0.15, 0.2) is 47.4 Å². The molecular weight excluding hydrogens is 437 g/mol. The molecule has 1 aliphatic heterocycles. The minimum atomic E-state index is -5.04. The third-order valence-corrected chi connectivity index (χ3v) is 7.55. The van der Waals surface area contributed by atoms with E-state index in [4.69, 9.17) is 0 Å². The van der Waals surface area contributed by atoms with Crippen LogP contribution in [0.4, 0.5) is 22.0 Å². The number of rotatable bonds is 4. The average molecular weight is 453 g/mol. The molecule has 0 radical (unpaired) electrons. The molecule has 0 N–H and O–H groups in total. The van der Waals surface area contributed by atoms with Gasteiger partial charge in [0.05, 0.1) is 0 Å². The number of hydrogen-bond acceptors (Lipinski definition) is 4. The molecule has 29 heavy (non-hydrogen) atoms. The molecule has 4 nitrogen and oxygen atoms in total. The molecule has 158 valence electrons. The van der Waals surface area contributed by atoms with Crippen LogP contribution in [0.3, 0.4) is 0 Å². The quantitative estimate of drug-likeness (QED) is 0.628. The molecule has 0 aliphatic carbocycles. The fourth-order valence-corrected chi connectivity index (χ4v) is 5.94. The van der Waals surface area contributed by atoms with Crippen molar-refractivity contribution in [2.75, 3.05) is 18.8 Å². The molecule has 11 heteroatoms. The Morgan fingerprint density at radius 1 is 1.07 bits per heavy atom. The predicted molar refractivity (Wildman–Crippen MR) is 98.1 cm³/mol. The first kappa shape index (κ1) is 21.8. The van der Waals surface area contributed by atoms with Gasteiger partial charge in [-0.25, -0.2) is 17.2 Å². The number of nitrogens with zero attached hydrogens (tertiary/aromatic N) is 1. The minimum absolute atomic E-state index is 0.0147. The minimum Gasteiger partial charge on any atom is -0.404 e. The van der Waals surface area contributed by atoms with Gasteiger partial charge >= 0.3 is 6.36 Å². The Kier molecular flexibility index (Phi) is 6.39. The summed E-state index contributed by atoms with van der Waals surface area (Å²) in [6.45, 7) is -0.0446. The molecule has 0 bridgehead atoms. The Bertz CT molecular complexity index is 982. The van der Waals surface area contributed by atoms with Crippen molar-refractivity contribution in [1.82, 2.24) is 4.31 Å². The summed E-state index contributed by atoms with van der Waals surface area (Å²) in [5.41, 5.74) is 0.134. The lowest BCUT2D eigenvalue weighted by molar-refractivity contribution is -0.275. The first-order chi connectivity index (χ1) is 13.6. The van der Waals surface area contributed by atoms with E-state index in [1.54, 1.807) is 0 Å². The topological polar surface area (TPSA) is 46.6 Å². The van der Waals surface area contributed by atoms with Crippen molar-refractivity contribution >= 4 is 21.8 Å². The van der Waals surface area contributed by atoms with E-state index in [9.17, 15) is 30.4 Å². The molecule has 0 amide bonds. The first-order valence-electron chi connectivity index (χ1n) is 8.49. The number of para-hydroxylation sites is 1. The number of halogens is 5. The summed E-state index contributed by atoms with van der Waals surface area (Å²) in [4.78, 5) is -0.599. The molecule has 2 aromatic rings. The molecule has 2 aromatic carbocycles. The van der Waals surface area contributed by atoms with Crippen molar-refractivity contribution in [3.8, 4) is 5.75 Å². The highest BCUT2D eigenvalue weighted by Gasteiger charge is 2.36. The van der Waals surface area contributed by atoms with Crippen LogP contribution in [0.2, 0.25) is 0 Å². The standard InChI is InChI=1S/C18H16F5NO3S2/c19-12-5-6-14(20)13(11-12)16-7-8-24(9-10-28-16)29(25,26)17-4-2-1-3-15(17)27-18(21,22)23/h1-6,11,16H,7-10H2. The van der Waals surface area contributed by atoms with Crippen LogP contribution >= 0.6 is 11.8 Å². The molecule has 0 aromatic heterocycles. The van der Waals surface area contributed by atoms with Crippen LogP contribution in [0, 0.1) is 11.6 Å². The molecule has 0 saturated carbocycles. The largest absolute Gasteiger partial charge is 0.573 e. The van der Waals surface area contributed by atoms with Crippen LogP contribution in [0.5, 0.6) is 5.75 Å². The van der Waals surface area contributed by atoms with Crippen LogP contribution in [0.25, 0.3) is 0 Å². The summed E-state index contributed by atoms with van der Waals surface area (Å²) in [5.74, 6) is -1.75. The lowest BCUT2D eigenvalue weighted by Crippen LogP contribution is -2.33. The summed E-state index contributed by atoms with van der Waals surface area (Å²) in [6.07, 6.45) is -4.87. The maximum Gasteiger partial charge on any atom is 0.573 e. The molecule has 3 rings (SSSR count). The number of ether oxygens (including phenoxy) is 1. The van der Waals surface area contributed by atoms with Gasteiger partial charge in [0.15, 0.2) is 0 Å². The highest BCUT2D eigenvalue weighted by molar-refractivity contribution is 7.99. The summed E-state index contributed by atoms with van der Waals surface area (Å²) < 4.78 is 96.2. The van der Waals surface area contributed by atoms with Gasteiger partial charge in [-0.15, -0.1) is 13.2 Å². The van der Waals surface area contributed by atoms with E-state index in [-0.39, 0.29) is 30.8 Å². The van der Waals surface area contributed by atoms with Gasteiger partial charge < -0.3 is 4.74 Å². The van der Waals surface area contributed by atoms with E-state index >= 15 is 0 Å². The zero-order valence-corrected chi connectivity index (χ0v) is 16.5. The van der Waals surface area contributed by atoms with E-state index in [1.807, 2.05) is 0 Å². The molecule has 0 spiro atoms. The second kappa shape index (κ2) is 8.49. The van der Waals surface area contributed by atoms with Crippen LogP contribution in [-0.2, 0) is 10.0 Å². The molecule has 1 heterocycles. The van der Waals surface area contributed by atoms with Gasteiger partial charge in [0.25, 0.3) is 0 Å². The Labute approximate surface area is 168 Å². The maximum absolute atomic E-state index is 14.1. The number of benzene rings is 2. The van der Waals surface area contributed by atoms with Crippen molar-refractivity contribution in [2.45, 2.75) is 22.9 Å². The Morgan fingerprint density at radius 2 is 1.79 bits per heavy atom. The molecular formula is C18H16F5NO3S2. The number of hydrogen-bond donors (Lipinski definition) is 0. The van der Waals surface area contributed by atoms with Crippen LogP contribution in [0.1, 0.15) is 17.2 Å². The van der Waals surface area contributed by atoms with E-state index in [2.05, 4.69) is 4.74 Å². The Hall–Kier alpha value is -1.85. The fraction of sp³-hybridized carbons (Fsp3) is 0.333. The van der Waals surface area contributed by atoms with Gasteiger partial charge in [0.2, 0.25) is 10.0 Å². The van der Waals surface area contributed by atoms with E-state index in [0.29, 0.717) is 0 Å². The van der Waals surface area contributed by atoms with E-state index < -0.39 is 43.9 Å². The highest BCUT2D eigenvalue weighted by Crippen LogP contribution is 2.38. The first-order valence-corrected chi connectivity index (χ1v) is 11.0. The lowest BCUT2D eigenvalue weighted by Gasteiger charge is -2.22. The summed E-state index contributed by atoms with van der Waals surface area (Å²) in [7, 11) is -4.29. The van der Waals surface area contributed by atoms with Gasteiger partial charge in [-0.1, -0.05) is 12.1 Å². The molecule has 1 aliphatic rings. The summed E-state index contributed by atoms with van der Waals surface area (Å²) in [5, 5.41) is -0.479.